The van der Waals surface area contributed by atoms with E-state index >= 15 is 0 Å². The predicted molar refractivity (Wildman–Crippen MR) is 122 cm³/mol. The first kappa shape index (κ1) is 24.9. The third kappa shape index (κ3) is 5.98. The highest BCUT2D eigenvalue weighted by Gasteiger charge is 2.33. The lowest BCUT2D eigenvalue weighted by atomic mass is 10.1. The number of rotatable bonds is 2. The number of fused-ring (bicyclic) bond motifs is 2. The largest absolute Gasteiger partial charge is 0.506 e. The molecule has 2 aromatic carbocycles. The van der Waals surface area contributed by atoms with Gasteiger partial charge in [-0.3, -0.25) is 9.59 Å². The number of carboxylic acids is 1. The van der Waals surface area contributed by atoms with E-state index in [2.05, 4.69) is 0 Å². The zero-order chi connectivity index (χ0) is 24.7. The van der Waals surface area contributed by atoms with E-state index in [4.69, 9.17) is 24.6 Å². The van der Waals surface area contributed by atoms with Crippen molar-refractivity contribution >= 4 is 16.9 Å². The highest BCUT2D eigenvalue weighted by atomic mass is 19.1. The van der Waals surface area contributed by atoms with Gasteiger partial charge in [0.25, 0.3) is 11.5 Å². The maximum Gasteiger partial charge on any atom is 0.300 e. The number of nitrogens with zero attached hydrogens (tertiary/aromatic N) is 2. The van der Waals surface area contributed by atoms with Crippen LogP contribution in [-0.2, 0) is 20.8 Å². The highest BCUT2D eigenvalue weighted by Crippen LogP contribution is 2.26. The summed E-state index contributed by atoms with van der Waals surface area (Å²) in [6.45, 7) is 3.10. The summed E-state index contributed by atoms with van der Waals surface area (Å²) in [7, 11) is 0. The Bertz CT molecular complexity index is 1230. The van der Waals surface area contributed by atoms with Crippen LogP contribution in [0, 0.1) is 17.1 Å². The summed E-state index contributed by atoms with van der Waals surface area (Å²) >= 11 is 0. The first-order valence-electron chi connectivity index (χ1n) is 10.7. The molecular weight excluding hydrogens is 443 g/mol. The molecule has 0 amide bonds. The first-order valence-corrected chi connectivity index (χ1v) is 10.7. The molecule has 2 fully saturated rings. The van der Waals surface area contributed by atoms with Crippen molar-refractivity contribution in [1.29, 1.82) is 5.26 Å². The summed E-state index contributed by atoms with van der Waals surface area (Å²) in [6, 6.07) is 14.3. The molecule has 2 N–H and O–H groups in total. The number of carboxylic acid groups (broad SMARTS) is 1. The van der Waals surface area contributed by atoms with Gasteiger partial charge < -0.3 is 24.3 Å². The van der Waals surface area contributed by atoms with Crippen molar-refractivity contribution in [3.63, 3.8) is 0 Å². The van der Waals surface area contributed by atoms with E-state index in [1.165, 1.54) is 16.7 Å². The Morgan fingerprint density at radius 2 is 1.68 bits per heavy atom. The van der Waals surface area contributed by atoms with E-state index in [1.54, 1.807) is 42.5 Å². The number of pyridine rings is 1. The molecule has 5 rings (SSSR count). The fourth-order valence-corrected chi connectivity index (χ4v) is 3.84. The number of nitriles is 1. The number of hydrogen-bond donors (Lipinski definition) is 2. The Hall–Kier alpha value is -3.74. The van der Waals surface area contributed by atoms with E-state index < -0.39 is 11.5 Å². The Morgan fingerprint density at radius 1 is 1.12 bits per heavy atom. The average molecular weight is 468 g/mol. The van der Waals surface area contributed by atoms with E-state index in [1.807, 2.05) is 0 Å². The van der Waals surface area contributed by atoms with Crippen LogP contribution in [0.4, 0.5) is 4.39 Å². The molecule has 0 unspecified atom stereocenters. The third-order valence-corrected chi connectivity index (χ3v) is 5.39. The van der Waals surface area contributed by atoms with Crippen LogP contribution in [0.3, 0.4) is 0 Å². The van der Waals surface area contributed by atoms with Crippen LogP contribution in [0.5, 0.6) is 5.75 Å². The Balaban J connectivity index is 0.000000220. The number of aliphatic carboxylic acids is 1. The highest BCUT2D eigenvalue weighted by molar-refractivity contribution is 5.87. The van der Waals surface area contributed by atoms with Gasteiger partial charge in [0, 0.05) is 25.5 Å². The van der Waals surface area contributed by atoms with Crippen LogP contribution in [0.15, 0.2) is 53.3 Å². The minimum Gasteiger partial charge on any atom is -0.506 e. The van der Waals surface area contributed by atoms with Gasteiger partial charge in [-0.25, -0.2) is 4.39 Å². The number of aromatic nitrogens is 1. The molecule has 2 aliphatic heterocycles. The number of benzene rings is 2. The number of halogens is 1. The van der Waals surface area contributed by atoms with Crippen molar-refractivity contribution in [2.75, 3.05) is 13.2 Å². The van der Waals surface area contributed by atoms with Gasteiger partial charge in [0.2, 0.25) is 0 Å². The second kappa shape index (κ2) is 11.4. The summed E-state index contributed by atoms with van der Waals surface area (Å²) in [4.78, 5) is 21.4. The fraction of sp³-hybridized carbons (Fsp3) is 0.320. The molecule has 34 heavy (non-hydrogen) atoms. The van der Waals surface area contributed by atoms with Crippen molar-refractivity contribution in [3.8, 4) is 11.8 Å². The normalized spacial score (nSPS) is 18.1. The molecule has 8 nitrogen and oxygen atoms in total. The molecule has 1 aromatic heterocycles. The zero-order valence-corrected chi connectivity index (χ0v) is 18.6. The van der Waals surface area contributed by atoms with Gasteiger partial charge >= 0.3 is 0 Å². The second-order valence-corrected chi connectivity index (χ2v) is 7.79. The SMILES string of the molecule is C1C[C@H]2OCC[C@H]2O1.CC(=O)O.N#Cc1c(O)c2ccccc2n(Cc2ccc(F)cc2)c1=O. The van der Waals surface area contributed by atoms with E-state index in [0.717, 1.165) is 38.5 Å². The molecule has 0 saturated carbocycles. The lowest BCUT2D eigenvalue weighted by molar-refractivity contribution is -0.134. The van der Waals surface area contributed by atoms with Gasteiger partial charge in [0.15, 0.2) is 5.56 Å². The smallest absolute Gasteiger partial charge is 0.300 e. The monoisotopic (exact) mass is 468 g/mol. The molecule has 3 aromatic rings. The first-order chi connectivity index (χ1) is 16.3. The minimum atomic E-state index is -0.833. The van der Waals surface area contributed by atoms with Gasteiger partial charge in [-0.2, -0.15) is 5.26 Å². The van der Waals surface area contributed by atoms with Crippen LogP contribution in [0.1, 0.15) is 30.9 Å². The van der Waals surface area contributed by atoms with Crippen molar-refractivity contribution in [2.45, 2.75) is 38.5 Å². The number of para-hydroxylation sites is 1. The van der Waals surface area contributed by atoms with Crippen LogP contribution < -0.4 is 5.56 Å². The topological polar surface area (TPSA) is 122 Å². The van der Waals surface area contributed by atoms with Gasteiger partial charge in [-0.15, -0.1) is 0 Å². The van der Waals surface area contributed by atoms with Crippen LogP contribution in [0.25, 0.3) is 10.9 Å². The third-order valence-electron chi connectivity index (χ3n) is 5.39. The average Bonchev–Trinajstić information content (AvgIpc) is 3.44. The molecule has 2 saturated heterocycles. The fourth-order valence-electron chi connectivity index (χ4n) is 3.84. The lowest BCUT2D eigenvalue weighted by Gasteiger charge is -2.12. The molecule has 2 atom stereocenters. The predicted octanol–water partition coefficient (Wildman–Crippen LogP) is 3.42. The minimum absolute atomic E-state index is 0.189. The number of carbonyl (C=O) groups is 1. The van der Waals surface area contributed by atoms with Crippen LogP contribution >= 0.6 is 0 Å². The molecule has 0 aliphatic carbocycles. The van der Waals surface area contributed by atoms with Gasteiger partial charge in [-0.1, -0.05) is 24.3 Å². The Morgan fingerprint density at radius 3 is 2.24 bits per heavy atom. The second-order valence-electron chi connectivity index (χ2n) is 7.79. The molecule has 2 aliphatic rings. The summed E-state index contributed by atoms with van der Waals surface area (Å²) in [5, 5.41) is 27.0. The summed E-state index contributed by atoms with van der Waals surface area (Å²) in [6.07, 6.45) is 3.14. The maximum absolute atomic E-state index is 13.0. The van der Waals surface area contributed by atoms with Crippen molar-refractivity contribution in [3.05, 3.63) is 75.8 Å². The number of hydrogen-bond acceptors (Lipinski definition) is 6. The molecule has 0 bridgehead atoms. The van der Waals surface area contributed by atoms with E-state index in [0.29, 0.717) is 23.1 Å². The molecule has 9 heteroatoms. The van der Waals surface area contributed by atoms with E-state index in [9.17, 15) is 14.3 Å². The molecule has 0 spiro atoms. The number of aromatic hydroxyl groups is 1. The van der Waals surface area contributed by atoms with Crippen molar-refractivity contribution in [1.82, 2.24) is 4.57 Å². The van der Waals surface area contributed by atoms with Gasteiger partial charge in [0.05, 0.1) is 24.3 Å². The summed E-state index contributed by atoms with van der Waals surface area (Å²) < 4.78 is 25.1. The Labute approximate surface area is 195 Å². The molecule has 3 heterocycles. The van der Waals surface area contributed by atoms with E-state index in [-0.39, 0.29) is 23.7 Å². The maximum atomic E-state index is 13.0. The lowest BCUT2D eigenvalue weighted by Crippen LogP contribution is -2.23. The standard InChI is InChI=1S/C17H11FN2O2.C6H10O2.C2H4O2/c18-12-7-5-11(6-8-12)10-20-15-4-2-1-3-13(15)16(21)14(9-19)17(20)22;1-3-7-6-2-4-8-5(1)6;1-2(3)4/h1-8,21H,10H2;5-6H,1-4H2;1H3,(H,3,4)/t;5-,6-;/m.1./s1. The van der Waals surface area contributed by atoms with Crippen molar-refractivity contribution in [2.24, 2.45) is 0 Å². The Kier molecular flexibility index (Phi) is 8.35. The van der Waals surface area contributed by atoms with Crippen LogP contribution in [0.2, 0.25) is 0 Å². The van der Waals surface area contributed by atoms with Crippen LogP contribution in [-0.4, -0.2) is 46.2 Å². The number of ether oxygens (including phenoxy) is 2. The molecule has 178 valence electrons. The summed E-state index contributed by atoms with van der Waals surface area (Å²) in [5.41, 5.74) is 0.389. The zero-order valence-electron chi connectivity index (χ0n) is 18.6. The molecular formula is C25H25FN2O6. The van der Waals surface area contributed by atoms with Gasteiger partial charge in [-0.05, 0) is 42.7 Å². The summed E-state index contributed by atoms with van der Waals surface area (Å²) in [5.74, 6) is -1.50. The van der Waals surface area contributed by atoms with Gasteiger partial charge in [0.1, 0.15) is 17.6 Å². The molecule has 0 radical (unpaired) electrons. The van der Waals surface area contributed by atoms with Crippen molar-refractivity contribution < 1.29 is 28.9 Å². The quantitative estimate of drug-likeness (QED) is 0.591.